The molecule has 1 heterocycles. The maximum Gasteiger partial charge on any atom is 0.270 e. The number of rotatable bonds is 5. The molecule has 1 amide bonds. The highest BCUT2D eigenvalue weighted by Gasteiger charge is 2.04. The van der Waals surface area contributed by atoms with Crippen LogP contribution in [0.2, 0.25) is 0 Å². The van der Waals surface area contributed by atoms with Gasteiger partial charge in [0.25, 0.3) is 5.69 Å². The largest absolute Gasteiger partial charge is 0.348 e. The molecule has 0 atom stereocenters. The van der Waals surface area contributed by atoms with E-state index < -0.39 is 4.92 Å². The topological polar surface area (TPSA) is 72.2 Å². The summed E-state index contributed by atoms with van der Waals surface area (Å²) in [7, 11) is 0. The summed E-state index contributed by atoms with van der Waals surface area (Å²) < 4.78 is 0. The number of carbonyl (C=O) groups excluding carboxylic acids is 1. The van der Waals surface area contributed by atoms with Gasteiger partial charge in [-0.25, -0.2) is 0 Å². The minimum absolute atomic E-state index is 0.00569. The molecule has 2 aromatic rings. The summed E-state index contributed by atoms with van der Waals surface area (Å²) >= 11 is 1.57. The highest BCUT2D eigenvalue weighted by Crippen LogP contribution is 2.14. The number of benzene rings is 1. The van der Waals surface area contributed by atoms with Crippen molar-refractivity contribution in [2.45, 2.75) is 6.54 Å². The lowest BCUT2D eigenvalue weighted by atomic mass is 10.2. The Kier molecular flexibility index (Phi) is 4.62. The van der Waals surface area contributed by atoms with Crippen LogP contribution in [-0.4, -0.2) is 10.8 Å². The van der Waals surface area contributed by atoms with Crippen molar-refractivity contribution in [2.24, 2.45) is 0 Å². The summed E-state index contributed by atoms with van der Waals surface area (Å²) in [5.41, 5.74) is 0.622. The molecular weight excluding hydrogens is 276 g/mol. The van der Waals surface area contributed by atoms with Gasteiger partial charge in [-0.3, -0.25) is 14.9 Å². The number of amides is 1. The van der Waals surface area contributed by atoms with Gasteiger partial charge in [0.15, 0.2) is 0 Å². The molecular formula is C14H12N2O3S. The number of nitrogens with zero attached hydrogens (tertiary/aromatic N) is 1. The first-order valence-corrected chi connectivity index (χ1v) is 6.76. The lowest BCUT2D eigenvalue weighted by molar-refractivity contribution is -0.384. The average molecular weight is 288 g/mol. The van der Waals surface area contributed by atoms with Gasteiger partial charge in [-0.1, -0.05) is 18.2 Å². The van der Waals surface area contributed by atoms with Gasteiger partial charge in [-0.15, -0.1) is 11.3 Å². The van der Waals surface area contributed by atoms with Crippen LogP contribution < -0.4 is 5.32 Å². The fourth-order valence-corrected chi connectivity index (χ4v) is 2.20. The second kappa shape index (κ2) is 6.63. The molecule has 6 heteroatoms. The minimum Gasteiger partial charge on any atom is -0.348 e. The van der Waals surface area contributed by atoms with Crippen molar-refractivity contribution in [1.82, 2.24) is 5.32 Å². The summed E-state index contributed by atoms with van der Waals surface area (Å²) in [4.78, 5) is 22.8. The molecule has 5 nitrogen and oxygen atoms in total. The lowest BCUT2D eigenvalue weighted by Gasteiger charge is -1.99. The minimum atomic E-state index is -0.464. The van der Waals surface area contributed by atoms with E-state index in [1.165, 1.54) is 18.2 Å². The second-order valence-electron chi connectivity index (χ2n) is 3.98. The Labute approximate surface area is 119 Å². The van der Waals surface area contributed by atoms with Gasteiger partial charge in [0.05, 0.1) is 11.5 Å². The molecule has 0 saturated heterocycles. The third-order valence-electron chi connectivity index (χ3n) is 2.53. The Morgan fingerprint density at radius 2 is 2.20 bits per heavy atom. The number of carbonyl (C=O) groups is 1. The van der Waals surface area contributed by atoms with Crippen LogP contribution >= 0.6 is 11.3 Å². The van der Waals surface area contributed by atoms with Crippen LogP contribution in [0.1, 0.15) is 10.4 Å². The van der Waals surface area contributed by atoms with E-state index >= 15 is 0 Å². The summed E-state index contributed by atoms with van der Waals surface area (Å²) in [6.07, 6.45) is 2.92. The van der Waals surface area contributed by atoms with E-state index in [-0.39, 0.29) is 11.6 Å². The fraction of sp³-hybridized carbons (Fsp3) is 0.0714. The zero-order valence-electron chi connectivity index (χ0n) is 10.5. The Morgan fingerprint density at radius 1 is 1.35 bits per heavy atom. The van der Waals surface area contributed by atoms with Crippen molar-refractivity contribution in [3.8, 4) is 0 Å². The Morgan fingerprint density at radius 3 is 2.90 bits per heavy atom. The quantitative estimate of drug-likeness (QED) is 0.522. The van der Waals surface area contributed by atoms with E-state index in [1.807, 2.05) is 17.5 Å². The first-order valence-electron chi connectivity index (χ1n) is 5.88. The lowest BCUT2D eigenvalue weighted by Crippen LogP contribution is -2.19. The van der Waals surface area contributed by atoms with Gasteiger partial charge in [0.2, 0.25) is 5.91 Å². The molecule has 0 aliphatic heterocycles. The van der Waals surface area contributed by atoms with E-state index in [0.717, 1.165) is 4.88 Å². The van der Waals surface area contributed by atoms with E-state index in [9.17, 15) is 14.9 Å². The number of hydrogen-bond acceptors (Lipinski definition) is 4. The van der Waals surface area contributed by atoms with Crippen molar-refractivity contribution >= 4 is 29.0 Å². The summed E-state index contributed by atoms with van der Waals surface area (Å²) in [5.74, 6) is -0.232. The third kappa shape index (κ3) is 4.03. The number of hydrogen-bond donors (Lipinski definition) is 1. The molecule has 1 aromatic heterocycles. The Balaban J connectivity index is 1.93. The van der Waals surface area contributed by atoms with Crippen LogP contribution in [0.5, 0.6) is 0 Å². The first kappa shape index (κ1) is 14.0. The molecule has 0 aliphatic carbocycles. The van der Waals surface area contributed by atoms with E-state index in [2.05, 4.69) is 5.32 Å². The number of thiophene rings is 1. The maximum atomic E-state index is 11.6. The predicted molar refractivity (Wildman–Crippen MR) is 78.3 cm³/mol. The van der Waals surface area contributed by atoms with Gasteiger partial charge in [0, 0.05) is 23.1 Å². The number of non-ortho nitro benzene ring substituents is 1. The van der Waals surface area contributed by atoms with Gasteiger partial charge in [-0.2, -0.15) is 0 Å². The molecule has 2 rings (SSSR count). The molecule has 0 aliphatic rings. The third-order valence-corrected chi connectivity index (χ3v) is 3.40. The van der Waals surface area contributed by atoms with Crippen molar-refractivity contribution < 1.29 is 9.72 Å². The van der Waals surface area contributed by atoms with Crippen molar-refractivity contribution in [1.29, 1.82) is 0 Å². The molecule has 0 unspecified atom stereocenters. The van der Waals surface area contributed by atoms with Crippen LogP contribution in [0.4, 0.5) is 5.69 Å². The number of nitro benzene ring substituents is 1. The average Bonchev–Trinajstić information content (AvgIpc) is 2.96. The van der Waals surface area contributed by atoms with Gasteiger partial charge in [0.1, 0.15) is 0 Å². The van der Waals surface area contributed by atoms with Crippen molar-refractivity contribution in [3.05, 3.63) is 68.4 Å². The monoisotopic (exact) mass is 288 g/mol. The Bertz CT molecular complexity index is 636. The highest BCUT2D eigenvalue weighted by atomic mass is 32.1. The first-order chi connectivity index (χ1) is 9.65. The summed E-state index contributed by atoms with van der Waals surface area (Å²) in [6.45, 7) is 0.482. The maximum absolute atomic E-state index is 11.6. The predicted octanol–water partition coefficient (Wildman–Crippen LogP) is 2.99. The number of nitrogens with one attached hydrogen (secondary N) is 1. The number of nitro groups is 1. The second-order valence-corrected chi connectivity index (χ2v) is 5.01. The van der Waals surface area contributed by atoms with Gasteiger partial charge < -0.3 is 5.32 Å². The zero-order chi connectivity index (χ0) is 14.4. The molecule has 1 aromatic carbocycles. The normalized spacial score (nSPS) is 10.6. The van der Waals surface area contributed by atoms with Crippen molar-refractivity contribution in [2.75, 3.05) is 0 Å². The molecule has 0 saturated carbocycles. The molecule has 0 fully saturated rings. The van der Waals surface area contributed by atoms with Gasteiger partial charge >= 0.3 is 0 Å². The molecule has 0 spiro atoms. The van der Waals surface area contributed by atoms with E-state index in [0.29, 0.717) is 12.1 Å². The van der Waals surface area contributed by atoms with E-state index in [4.69, 9.17) is 0 Å². The molecule has 0 bridgehead atoms. The zero-order valence-corrected chi connectivity index (χ0v) is 11.3. The van der Waals surface area contributed by atoms with Gasteiger partial charge in [-0.05, 0) is 23.1 Å². The summed E-state index contributed by atoms with van der Waals surface area (Å²) in [5, 5.41) is 15.3. The summed E-state index contributed by atoms with van der Waals surface area (Å²) in [6, 6.07) is 9.98. The molecule has 1 N–H and O–H groups in total. The fourth-order valence-electron chi connectivity index (χ4n) is 1.56. The molecule has 102 valence electrons. The van der Waals surface area contributed by atoms with Crippen LogP contribution in [0.3, 0.4) is 0 Å². The van der Waals surface area contributed by atoms with Crippen LogP contribution in [0.15, 0.2) is 47.9 Å². The van der Waals surface area contributed by atoms with Crippen LogP contribution in [-0.2, 0) is 11.3 Å². The Hall–Kier alpha value is -2.47. The van der Waals surface area contributed by atoms with Crippen LogP contribution in [0, 0.1) is 10.1 Å². The highest BCUT2D eigenvalue weighted by molar-refractivity contribution is 7.09. The van der Waals surface area contributed by atoms with Crippen molar-refractivity contribution in [3.63, 3.8) is 0 Å². The standard InChI is InChI=1S/C14H12N2O3S/c17-14(15-10-13-5-2-8-20-13)7-6-11-3-1-4-12(9-11)16(18)19/h1-9H,10H2,(H,15,17). The molecule has 0 radical (unpaired) electrons. The van der Waals surface area contributed by atoms with E-state index in [1.54, 1.807) is 29.5 Å². The smallest absolute Gasteiger partial charge is 0.270 e. The molecule has 20 heavy (non-hydrogen) atoms. The van der Waals surface area contributed by atoms with Crippen LogP contribution in [0.25, 0.3) is 6.08 Å². The SMILES string of the molecule is O=C(C=Cc1cccc([N+](=O)[O-])c1)NCc1cccs1.